The van der Waals surface area contributed by atoms with Crippen molar-refractivity contribution in [3.8, 4) is 0 Å². The molecular weight excluding hydrogens is 466 g/mol. The third kappa shape index (κ3) is 5.01. The van der Waals surface area contributed by atoms with Gasteiger partial charge in [-0.15, -0.1) is 0 Å². The van der Waals surface area contributed by atoms with Gasteiger partial charge in [-0.05, 0) is 69.8 Å². The van der Waals surface area contributed by atoms with Crippen molar-refractivity contribution in [2.45, 2.75) is 45.6 Å². The van der Waals surface area contributed by atoms with Gasteiger partial charge in [0.2, 0.25) is 26.0 Å². The van der Waals surface area contributed by atoms with Crippen molar-refractivity contribution >= 4 is 31.6 Å². The fraction of sp³-hybridized carbons (Fsp3) is 0.500. The van der Waals surface area contributed by atoms with E-state index in [2.05, 4.69) is 9.62 Å². The molecule has 9 nitrogen and oxygen atoms in total. The van der Waals surface area contributed by atoms with Crippen LogP contribution in [0.4, 0.5) is 5.69 Å². The molecule has 0 saturated carbocycles. The Balaban J connectivity index is 1.87. The highest BCUT2D eigenvalue weighted by Crippen LogP contribution is 2.36. The van der Waals surface area contributed by atoms with Gasteiger partial charge in [0.1, 0.15) is 5.76 Å². The summed E-state index contributed by atoms with van der Waals surface area (Å²) in [5, 5.41) is 0. The summed E-state index contributed by atoms with van der Waals surface area (Å²) in [6, 6.07) is 7.40. The molecule has 2 heterocycles. The van der Waals surface area contributed by atoms with Gasteiger partial charge in [0.15, 0.2) is 0 Å². The van der Waals surface area contributed by atoms with Crippen LogP contribution >= 0.6 is 0 Å². The first-order chi connectivity index (χ1) is 15.3. The van der Waals surface area contributed by atoms with E-state index in [9.17, 15) is 21.6 Å². The van der Waals surface area contributed by atoms with E-state index in [1.165, 1.54) is 18.2 Å². The first kappa shape index (κ1) is 25.4. The Labute approximate surface area is 195 Å². The van der Waals surface area contributed by atoms with Crippen LogP contribution in [-0.2, 0) is 24.8 Å². The highest BCUT2D eigenvalue weighted by molar-refractivity contribution is 7.94. The molecule has 0 radical (unpaired) electrons. The highest BCUT2D eigenvalue weighted by atomic mass is 32.2. The number of carbonyl (C=O) groups excluding carboxylic acids is 1. The standard InChI is InChI=1S/C22H31N3O6S2/c1-6-24(7-2)18(19-9-8-12-31-19)14-23-33(29,30)20-11-10-17(13-16(20)3)25-21(26)22(4,5)15-32(25,27)28/h8-13,18,23H,6-7,14-15H2,1-5H3. The first-order valence-corrected chi connectivity index (χ1v) is 13.9. The van der Waals surface area contributed by atoms with Crippen LogP contribution in [0.15, 0.2) is 45.9 Å². The molecule has 1 amide bonds. The number of aryl methyl sites for hydroxylation is 1. The molecule has 182 valence electrons. The van der Waals surface area contributed by atoms with Gasteiger partial charge < -0.3 is 4.42 Å². The summed E-state index contributed by atoms with van der Waals surface area (Å²) >= 11 is 0. The molecule has 1 saturated heterocycles. The van der Waals surface area contributed by atoms with Gasteiger partial charge in [0.25, 0.3) is 0 Å². The number of sulfonamides is 2. The number of benzene rings is 1. The van der Waals surface area contributed by atoms with Crippen LogP contribution in [0.5, 0.6) is 0 Å². The average Bonchev–Trinajstić information content (AvgIpc) is 3.29. The molecule has 11 heteroatoms. The van der Waals surface area contributed by atoms with Gasteiger partial charge in [-0.2, -0.15) is 0 Å². The largest absolute Gasteiger partial charge is 0.468 e. The normalized spacial score (nSPS) is 18.7. The molecule has 2 aromatic rings. The topological polar surface area (TPSA) is 117 Å². The third-order valence-corrected chi connectivity index (χ3v) is 9.46. The molecule has 0 spiro atoms. The van der Waals surface area contributed by atoms with Crippen LogP contribution in [0, 0.1) is 12.3 Å². The summed E-state index contributed by atoms with van der Waals surface area (Å²) < 4.78 is 60.2. The second-order valence-corrected chi connectivity index (χ2v) is 12.3. The van der Waals surface area contributed by atoms with Crippen molar-refractivity contribution in [1.82, 2.24) is 9.62 Å². The first-order valence-electron chi connectivity index (χ1n) is 10.8. The van der Waals surface area contributed by atoms with E-state index in [4.69, 9.17) is 4.42 Å². The molecule has 1 N–H and O–H groups in total. The molecule has 1 aliphatic heterocycles. The summed E-state index contributed by atoms with van der Waals surface area (Å²) in [6.45, 7) is 10.2. The van der Waals surface area contributed by atoms with Crippen LogP contribution in [0.3, 0.4) is 0 Å². The predicted octanol–water partition coefficient (Wildman–Crippen LogP) is 2.65. The second-order valence-electron chi connectivity index (χ2n) is 8.76. The lowest BCUT2D eigenvalue weighted by Gasteiger charge is -2.28. The lowest BCUT2D eigenvalue weighted by atomic mass is 9.95. The zero-order chi connectivity index (χ0) is 24.6. The molecule has 1 atom stereocenters. The smallest absolute Gasteiger partial charge is 0.247 e. The van der Waals surface area contributed by atoms with Crippen molar-refractivity contribution in [1.29, 1.82) is 0 Å². The Kier molecular flexibility index (Phi) is 7.09. The Hall–Kier alpha value is -2.21. The second kappa shape index (κ2) is 9.21. The number of hydrogen-bond donors (Lipinski definition) is 1. The minimum absolute atomic E-state index is 0.0206. The van der Waals surface area contributed by atoms with Gasteiger partial charge >= 0.3 is 0 Å². The molecule has 1 aliphatic rings. The number of rotatable bonds is 9. The molecular formula is C22H31N3O6S2. The number of likely N-dealkylation sites (N-methyl/N-ethyl adjacent to an activating group) is 1. The van der Waals surface area contributed by atoms with E-state index in [0.717, 1.165) is 4.31 Å². The number of amides is 1. The van der Waals surface area contributed by atoms with E-state index in [-0.39, 0.29) is 28.9 Å². The van der Waals surface area contributed by atoms with E-state index in [1.807, 2.05) is 19.9 Å². The quantitative estimate of drug-likeness (QED) is 0.566. The maximum atomic E-state index is 13.1. The highest BCUT2D eigenvalue weighted by Gasteiger charge is 2.50. The number of hydrogen-bond acceptors (Lipinski definition) is 7. The summed E-state index contributed by atoms with van der Waals surface area (Å²) in [7, 11) is -7.72. The minimum Gasteiger partial charge on any atom is -0.468 e. The van der Waals surface area contributed by atoms with Crippen LogP contribution in [0.1, 0.15) is 45.1 Å². The molecule has 1 unspecified atom stereocenters. The fourth-order valence-corrected chi connectivity index (χ4v) is 7.51. The van der Waals surface area contributed by atoms with Crippen LogP contribution in [0.2, 0.25) is 0 Å². The van der Waals surface area contributed by atoms with Crippen LogP contribution < -0.4 is 9.03 Å². The van der Waals surface area contributed by atoms with Crippen molar-refractivity contribution in [2.75, 3.05) is 29.7 Å². The van der Waals surface area contributed by atoms with Crippen molar-refractivity contribution in [2.24, 2.45) is 5.41 Å². The zero-order valence-electron chi connectivity index (χ0n) is 19.5. The van der Waals surface area contributed by atoms with Crippen molar-refractivity contribution < 1.29 is 26.0 Å². The number of nitrogens with one attached hydrogen (secondary N) is 1. The Bertz CT molecular complexity index is 1220. The van der Waals surface area contributed by atoms with Crippen LogP contribution in [-0.4, -0.2) is 53.0 Å². The summed E-state index contributed by atoms with van der Waals surface area (Å²) in [5.41, 5.74) is -0.562. The number of furan rings is 1. The van der Waals surface area contributed by atoms with Crippen molar-refractivity contribution in [3.63, 3.8) is 0 Å². The zero-order valence-corrected chi connectivity index (χ0v) is 21.2. The molecule has 33 heavy (non-hydrogen) atoms. The SMILES string of the molecule is CCN(CC)C(CNS(=O)(=O)c1ccc(N2C(=O)C(C)(C)CS2(=O)=O)cc1C)c1ccco1. The number of carbonyl (C=O) groups is 1. The summed E-state index contributed by atoms with van der Waals surface area (Å²) in [4.78, 5) is 14.8. The molecule has 3 rings (SSSR count). The maximum absolute atomic E-state index is 13.1. The number of nitrogens with zero attached hydrogens (tertiary/aromatic N) is 2. The third-order valence-electron chi connectivity index (χ3n) is 5.86. The van der Waals surface area contributed by atoms with Crippen molar-refractivity contribution in [3.05, 3.63) is 47.9 Å². The van der Waals surface area contributed by atoms with E-state index in [0.29, 0.717) is 24.4 Å². The summed E-state index contributed by atoms with van der Waals surface area (Å²) in [5.74, 6) is -0.163. The minimum atomic E-state index is -3.90. The molecule has 1 aromatic heterocycles. The maximum Gasteiger partial charge on any atom is 0.247 e. The summed E-state index contributed by atoms with van der Waals surface area (Å²) in [6.07, 6.45) is 1.55. The Morgan fingerprint density at radius 3 is 2.36 bits per heavy atom. The fourth-order valence-electron chi connectivity index (χ4n) is 4.14. The van der Waals surface area contributed by atoms with E-state index in [1.54, 1.807) is 33.1 Å². The van der Waals surface area contributed by atoms with E-state index < -0.39 is 31.4 Å². The van der Waals surface area contributed by atoms with Gasteiger partial charge in [-0.25, -0.2) is 25.9 Å². The molecule has 0 aliphatic carbocycles. The van der Waals surface area contributed by atoms with Crippen LogP contribution in [0.25, 0.3) is 0 Å². The molecule has 1 aromatic carbocycles. The molecule has 0 bridgehead atoms. The predicted molar refractivity (Wildman–Crippen MR) is 126 cm³/mol. The van der Waals surface area contributed by atoms with Gasteiger partial charge in [0.05, 0.1) is 34.1 Å². The Morgan fingerprint density at radius 2 is 1.88 bits per heavy atom. The monoisotopic (exact) mass is 497 g/mol. The lowest BCUT2D eigenvalue weighted by molar-refractivity contribution is -0.123. The average molecular weight is 498 g/mol. The number of anilines is 1. The van der Waals surface area contributed by atoms with Gasteiger partial charge in [-0.3, -0.25) is 9.69 Å². The van der Waals surface area contributed by atoms with Gasteiger partial charge in [-0.1, -0.05) is 13.8 Å². The lowest BCUT2D eigenvalue weighted by Crippen LogP contribution is -2.38. The van der Waals surface area contributed by atoms with E-state index >= 15 is 0 Å². The Morgan fingerprint density at radius 1 is 1.21 bits per heavy atom. The molecule has 1 fully saturated rings. The van der Waals surface area contributed by atoms with Gasteiger partial charge in [0, 0.05) is 6.54 Å².